The molecule has 1 aliphatic rings. The summed E-state index contributed by atoms with van der Waals surface area (Å²) in [5, 5.41) is 10.6. The zero-order chi connectivity index (χ0) is 13.3. The first-order valence-corrected chi connectivity index (χ1v) is 5.69. The highest BCUT2D eigenvalue weighted by Gasteiger charge is 2.35. The standard InChI is InChI=1S/C10H10ClF2N3O2/c11-8-5-7(16(17)18)6-14-9(8)15-3-1-10(12,13)2-4-15/h5-6H,1-4H2. The fraction of sp³-hybridized carbons (Fsp3) is 0.500. The molecular formula is C10H10ClF2N3O2. The number of nitrogens with zero attached hydrogens (tertiary/aromatic N) is 3. The first kappa shape index (κ1) is 12.9. The highest BCUT2D eigenvalue weighted by Crippen LogP contribution is 2.33. The van der Waals surface area contributed by atoms with Gasteiger partial charge in [0.15, 0.2) is 0 Å². The molecule has 5 nitrogen and oxygen atoms in total. The summed E-state index contributed by atoms with van der Waals surface area (Å²) in [5.74, 6) is -2.33. The Kier molecular flexibility index (Phi) is 3.34. The Hall–Kier alpha value is -1.50. The van der Waals surface area contributed by atoms with Gasteiger partial charge >= 0.3 is 0 Å². The third-order valence-corrected chi connectivity index (χ3v) is 3.09. The number of anilines is 1. The van der Waals surface area contributed by atoms with Gasteiger partial charge < -0.3 is 4.90 Å². The Morgan fingerprint density at radius 2 is 2.06 bits per heavy atom. The SMILES string of the molecule is O=[N+]([O-])c1cnc(N2CCC(F)(F)CC2)c(Cl)c1. The van der Waals surface area contributed by atoms with Gasteiger partial charge in [0.1, 0.15) is 12.0 Å². The van der Waals surface area contributed by atoms with Crippen LogP contribution in [0.2, 0.25) is 5.02 Å². The van der Waals surface area contributed by atoms with E-state index in [1.54, 1.807) is 4.90 Å². The molecule has 1 fully saturated rings. The number of alkyl halides is 2. The van der Waals surface area contributed by atoms with E-state index in [0.29, 0.717) is 5.82 Å². The van der Waals surface area contributed by atoms with Crippen LogP contribution in [0.5, 0.6) is 0 Å². The van der Waals surface area contributed by atoms with Crippen molar-refractivity contribution in [3.8, 4) is 0 Å². The number of piperidine rings is 1. The summed E-state index contributed by atoms with van der Waals surface area (Å²) in [5.41, 5.74) is -0.217. The molecule has 0 amide bonds. The summed E-state index contributed by atoms with van der Waals surface area (Å²) >= 11 is 5.88. The lowest BCUT2D eigenvalue weighted by Gasteiger charge is -2.32. The van der Waals surface area contributed by atoms with Gasteiger partial charge in [0.05, 0.1) is 9.95 Å². The normalized spacial score (nSPS) is 18.7. The number of rotatable bonds is 2. The van der Waals surface area contributed by atoms with Crippen molar-refractivity contribution in [3.05, 3.63) is 27.4 Å². The molecule has 8 heteroatoms. The third-order valence-electron chi connectivity index (χ3n) is 2.81. The van der Waals surface area contributed by atoms with Crippen LogP contribution in [0.1, 0.15) is 12.8 Å². The van der Waals surface area contributed by atoms with E-state index in [-0.39, 0.29) is 36.6 Å². The molecule has 98 valence electrons. The molecule has 1 saturated heterocycles. The molecule has 0 bridgehead atoms. The number of hydrogen-bond acceptors (Lipinski definition) is 4. The molecule has 1 aromatic heterocycles. The minimum atomic E-state index is -2.65. The monoisotopic (exact) mass is 277 g/mol. The van der Waals surface area contributed by atoms with Crippen LogP contribution in [0.15, 0.2) is 12.3 Å². The molecule has 0 unspecified atom stereocenters. The summed E-state index contributed by atoms with van der Waals surface area (Å²) in [4.78, 5) is 15.4. The lowest BCUT2D eigenvalue weighted by atomic mass is 10.1. The molecule has 1 aromatic rings. The molecule has 2 heterocycles. The average Bonchev–Trinajstić information content (AvgIpc) is 2.29. The molecule has 18 heavy (non-hydrogen) atoms. The van der Waals surface area contributed by atoms with Gasteiger partial charge in [0, 0.05) is 32.0 Å². The fourth-order valence-corrected chi connectivity index (χ4v) is 2.08. The molecule has 0 aliphatic carbocycles. The van der Waals surface area contributed by atoms with E-state index in [1.807, 2.05) is 0 Å². The number of nitro groups is 1. The quantitative estimate of drug-likeness (QED) is 0.616. The smallest absolute Gasteiger partial charge is 0.289 e. The van der Waals surface area contributed by atoms with Gasteiger partial charge in [-0.1, -0.05) is 11.6 Å². The second kappa shape index (κ2) is 4.64. The maximum Gasteiger partial charge on any atom is 0.289 e. The summed E-state index contributed by atoms with van der Waals surface area (Å²) in [6.07, 6.45) is 0.554. The zero-order valence-corrected chi connectivity index (χ0v) is 10.0. The Labute approximate surface area is 107 Å². The maximum absolute atomic E-state index is 13.0. The van der Waals surface area contributed by atoms with E-state index < -0.39 is 10.8 Å². The number of halogens is 3. The summed E-state index contributed by atoms with van der Waals surface area (Å²) in [6, 6.07) is 1.18. The van der Waals surface area contributed by atoms with E-state index >= 15 is 0 Å². The van der Waals surface area contributed by atoms with Crippen molar-refractivity contribution in [2.24, 2.45) is 0 Å². The maximum atomic E-state index is 13.0. The van der Waals surface area contributed by atoms with Crippen LogP contribution in [-0.2, 0) is 0 Å². The van der Waals surface area contributed by atoms with Crippen LogP contribution in [0.25, 0.3) is 0 Å². The van der Waals surface area contributed by atoms with Crippen molar-refractivity contribution in [3.63, 3.8) is 0 Å². The highest BCUT2D eigenvalue weighted by molar-refractivity contribution is 6.33. The van der Waals surface area contributed by atoms with Crippen molar-refractivity contribution < 1.29 is 13.7 Å². The molecule has 2 rings (SSSR count). The Balaban J connectivity index is 2.17. The minimum absolute atomic E-state index is 0.106. The second-order valence-electron chi connectivity index (χ2n) is 4.10. The van der Waals surface area contributed by atoms with Gasteiger partial charge in [-0.15, -0.1) is 0 Å². The highest BCUT2D eigenvalue weighted by atomic mass is 35.5. The molecule has 1 aliphatic heterocycles. The topological polar surface area (TPSA) is 59.3 Å². The Morgan fingerprint density at radius 3 is 2.56 bits per heavy atom. The minimum Gasteiger partial charge on any atom is -0.355 e. The van der Waals surface area contributed by atoms with Crippen molar-refractivity contribution in [2.75, 3.05) is 18.0 Å². The van der Waals surface area contributed by atoms with Crippen molar-refractivity contribution in [2.45, 2.75) is 18.8 Å². The van der Waals surface area contributed by atoms with Gasteiger partial charge in [-0.3, -0.25) is 10.1 Å². The first-order valence-electron chi connectivity index (χ1n) is 5.32. The summed E-state index contributed by atoms with van der Waals surface area (Å²) in [7, 11) is 0. The molecule has 0 aromatic carbocycles. The zero-order valence-electron chi connectivity index (χ0n) is 9.28. The van der Waals surface area contributed by atoms with Crippen LogP contribution >= 0.6 is 11.6 Å². The lowest BCUT2D eigenvalue weighted by molar-refractivity contribution is -0.385. The Morgan fingerprint density at radius 1 is 1.44 bits per heavy atom. The molecule has 0 atom stereocenters. The van der Waals surface area contributed by atoms with Crippen molar-refractivity contribution >= 4 is 23.1 Å². The van der Waals surface area contributed by atoms with E-state index in [9.17, 15) is 18.9 Å². The largest absolute Gasteiger partial charge is 0.355 e. The van der Waals surface area contributed by atoms with Crippen LogP contribution in [0.3, 0.4) is 0 Å². The average molecular weight is 278 g/mol. The van der Waals surface area contributed by atoms with E-state index in [2.05, 4.69) is 4.98 Å². The predicted octanol–water partition coefficient (Wildman–Crippen LogP) is 2.88. The van der Waals surface area contributed by atoms with Crippen LogP contribution in [0, 0.1) is 10.1 Å². The van der Waals surface area contributed by atoms with E-state index in [4.69, 9.17) is 11.6 Å². The van der Waals surface area contributed by atoms with Crippen LogP contribution in [0.4, 0.5) is 20.3 Å². The van der Waals surface area contributed by atoms with Gasteiger partial charge in [-0.25, -0.2) is 13.8 Å². The van der Waals surface area contributed by atoms with Gasteiger partial charge in [0.2, 0.25) is 0 Å². The van der Waals surface area contributed by atoms with E-state index in [0.717, 1.165) is 6.20 Å². The summed E-state index contributed by atoms with van der Waals surface area (Å²) in [6.45, 7) is 0.273. The molecular weight excluding hydrogens is 268 g/mol. The van der Waals surface area contributed by atoms with Gasteiger partial charge in [0.25, 0.3) is 11.6 Å². The number of aromatic nitrogens is 1. The van der Waals surface area contributed by atoms with Crippen molar-refractivity contribution in [1.29, 1.82) is 0 Å². The molecule has 0 saturated carbocycles. The number of hydrogen-bond donors (Lipinski definition) is 0. The number of pyridine rings is 1. The van der Waals surface area contributed by atoms with Gasteiger partial charge in [-0.2, -0.15) is 0 Å². The van der Waals surface area contributed by atoms with Crippen LogP contribution in [-0.4, -0.2) is 28.9 Å². The Bertz CT molecular complexity index is 474. The molecule has 0 spiro atoms. The fourth-order valence-electron chi connectivity index (χ4n) is 1.80. The predicted molar refractivity (Wildman–Crippen MR) is 62.3 cm³/mol. The lowest BCUT2D eigenvalue weighted by Crippen LogP contribution is -2.39. The summed E-state index contributed by atoms with van der Waals surface area (Å²) < 4.78 is 26.0. The van der Waals surface area contributed by atoms with Gasteiger partial charge in [-0.05, 0) is 0 Å². The van der Waals surface area contributed by atoms with Crippen LogP contribution < -0.4 is 4.90 Å². The van der Waals surface area contributed by atoms with E-state index in [1.165, 1.54) is 6.07 Å². The molecule has 0 radical (unpaired) electrons. The second-order valence-corrected chi connectivity index (χ2v) is 4.51. The van der Waals surface area contributed by atoms with Crippen molar-refractivity contribution in [1.82, 2.24) is 4.98 Å². The third kappa shape index (κ3) is 2.66. The molecule has 0 N–H and O–H groups in total. The first-order chi connectivity index (χ1) is 8.39.